The number of hydrogen-bond acceptors (Lipinski definition) is 0. The third kappa shape index (κ3) is 9.06. The van der Waals surface area contributed by atoms with Gasteiger partial charge in [0.15, 0.2) is 0 Å². The Morgan fingerprint density at radius 3 is 0.828 bits per heavy atom. The number of fused-ring (bicyclic) bond motifs is 8. The quantitative estimate of drug-likeness (QED) is 0.0952. The molecule has 324 valence electrons. The van der Waals surface area contributed by atoms with E-state index in [9.17, 15) is 0 Å². The van der Waals surface area contributed by atoms with Crippen molar-refractivity contribution in [1.29, 1.82) is 0 Å². The molecule has 6 heteroatoms. The van der Waals surface area contributed by atoms with E-state index in [1.807, 2.05) is 36.4 Å². The Morgan fingerprint density at radius 1 is 0.297 bits per heavy atom. The number of rotatable bonds is 6. The van der Waals surface area contributed by atoms with E-state index in [2.05, 4.69) is 222 Å². The number of hydrogen-bond donors (Lipinski definition) is 4. The molecule has 0 spiro atoms. The minimum Gasteiger partial charge on any atom is -0.353 e. The van der Waals surface area contributed by atoms with Gasteiger partial charge in [-0.15, -0.1) is 11.1 Å². The lowest BCUT2D eigenvalue weighted by molar-refractivity contribution is 0.838. The van der Waals surface area contributed by atoms with Crippen LogP contribution >= 0.6 is 0 Å². The van der Waals surface area contributed by atoms with Crippen molar-refractivity contribution in [3.8, 4) is 46.6 Å². The van der Waals surface area contributed by atoms with E-state index in [1.165, 1.54) is 0 Å². The number of nitrogens with one attached hydrogen (secondary N) is 4. The Balaban J connectivity index is 1.62. The Morgan fingerprint density at radius 2 is 0.562 bits per heavy atom. The predicted molar refractivity (Wildman–Crippen MR) is 276 cm³/mol. The largest absolute Gasteiger partial charge is 0.353 e. The maximum atomic E-state index is 4.03. The van der Waals surface area contributed by atoms with Crippen LogP contribution in [0.4, 0.5) is 0 Å². The molecule has 4 N–H and O–H groups in total. The zero-order valence-corrected chi connectivity index (χ0v) is 41.9. The molecule has 0 atom stereocenters. The van der Waals surface area contributed by atoms with Gasteiger partial charge >= 0.3 is 0 Å². The Kier molecular flexibility index (Phi) is 13.7. The molecule has 2 aromatic carbocycles. The molecule has 64 heavy (non-hydrogen) atoms. The maximum Gasteiger partial charge on any atom is 0.146 e. The van der Waals surface area contributed by atoms with Crippen LogP contribution < -0.4 is 21.4 Å². The molecule has 4 aromatic heterocycles. The van der Waals surface area contributed by atoms with Gasteiger partial charge in [-0.3, -0.25) is 0 Å². The van der Waals surface area contributed by atoms with Crippen LogP contribution in [0.1, 0.15) is 117 Å². The van der Waals surface area contributed by atoms with Gasteiger partial charge in [-0.05, 0) is 106 Å². The number of aromatic amines is 4. The van der Waals surface area contributed by atoms with Crippen LogP contribution in [0, 0.1) is 46.6 Å². The first-order chi connectivity index (χ1) is 30.6. The van der Waals surface area contributed by atoms with E-state index < -0.39 is 16.1 Å². The van der Waals surface area contributed by atoms with E-state index >= 15 is 0 Å². The maximum absolute atomic E-state index is 4.03. The highest BCUT2D eigenvalue weighted by Gasteiger charge is 2.43. The van der Waals surface area contributed by atoms with Crippen molar-refractivity contribution in [2.75, 3.05) is 0 Å². The molecule has 0 aliphatic carbocycles. The summed E-state index contributed by atoms with van der Waals surface area (Å²) >= 11 is 0. The summed E-state index contributed by atoms with van der Waals surface area (Å²) in [5.74, 6) is 21.8. The standard InChI is InChI=1S/C58H64N4Si2/c1-39(2)63(40(3)4,41(5)6)37-35-49-55-31-27-51(59-55)47(25-23-45-19-15-13-16-20-45)53-29-33-57(61-53)50(36-38-64(42(7)8,43(9)10)44(11)12)58-34-30-54(62-58)48(52-28-32-56(49)60-52)26-24-46-21-17-14-18-22-46/h13-22,27-34,39-44,59-62H,1-12H3. The SMILES string of the molecule is CC(C)[Si](C#CC1=c2ccc([nH]2)=C(C#Cc2ccccc2)c2ccc([nH]2)C(C#C[Si](C(C)C)(C(C)C)C(C)C)=c2ccc([nH]2)=C(C#Cc2ccccc2)c2ccc1[nH]2)(C(C)C)C(C)C. The van der Waals surface area contributed by atoms with Gasteiger partial charge in [0.2, 0.25) is 0 Å². The first-order valence-electron chi connectivity index (χ1n) is 23.1. The molecule has 5 heterocycles. The summed E-state index contributed by atoms with van der Waals surface area (Å²) in [6, 6.07) is 37.6. The molecular formula is C58H64N4Si2. The first-order valence-corrected chi connectivity index (χ1v) is 27.6. The normalized spacial score (nSPS) is 12.9. The molecule has 7 rings (SSSR count). The van der Waals surface area contributed by atoms with Gasteiger partial charge in [-0.1, -0.05) is 155 Å². The number of aromatic nitrogens is 4. The second-order valence-electron chi connectivity index (χ2n) is 19.2. The second-order valence-corrected chi connectivity index (χ2v) is 30.3. The van der Waals surface area contributed by atoms with Crippen LogP contribution in [0.5, 0.6) is 0 Å². The molecule has 4 nitrogen and oxygen atoms in total. The molecular weight excluding hydrogens is 809 g/mol. The lowest BCUT2D eigenvalue weighted by Gasteiger charge is -2.38. The van der Waals surface area contributed by atoms with Gasteiger partial charge in [-0.25, -0.2) is 0 Å². The van der Waals surface area contributed by atoms with Crippen LogP contribution in [0.15, 0.2) is 109 Å². The summed E-state index contributed by atoms with van der Waals surface area (Å²) in [6.07, 6.45) is 0. The van der Waals surface area contributed by atoms with Gasteiger partial charge < -0.3 is 19.9 Å². The molecule has 1 aliphatic heterocycles. The van der Waals surface area contributed by atoms with Crippen molar-refractivity contribution in [3.63, 3.8) is 0 Å². The fourth-order valence-electron chi connectivity index (χ4n) is 10.4. The highest BCUT2D eigenvalue weighted by atomic mass is 28.3. The monoisotopic (exact) mass is 872 g/mol. The van der Waals surface area contributed by atoms with E-state index in [0.29, 0.717) is 33.2 Å². The Labute approximate surface area is 383 Å². The van der Waals surface area contributed by atoms with Crippen molar-refractivity contribution in [3.05, 3.63) is 164 Å². The smallest absolute Gasteiger partial charge is 0.146 e. The summed E-state index contributed by atoms with van der Waals surface area (Å²) in [5.41, 5.74) is 20.2. The minimum absolute atomic E-state index is 0.488. The van der Waals surface area contributed by atoms with E-state index in [1.54, 1.807) is 0 Å². The minimum atomic E-state index is -2.10. The fraction of sp³-hybridized carbons (Fsp3) is 0.310. The molecule has 0 fully saturated rings. The number of benzene rings is 2. The van der Waals surface area contributed by atoms with E-state index in [-0.39, 0.29) is 0 Å². The second kappa shape index (κ2) is 19.2. The summed E-state index contributed by atoms with van der Waals surface area (Å²) < 4.78 is 0. The highest BCUT2D eigenvalue weighted by molar-refractivity contribution is 6.91. The Hall–Kier alpha value is -6.29. The molecule has 0 radical (unpaired) electrons. The van der Waals surface area contributed by atoms with Gasteiger partial charge in [0.1, 0.15) is 16.1 Å². The van der Waals surface area contributed by atoms with Crippen molar-refractivity contribution in [2.24, 2.45) is 0 Å². The van der Waals surface area contributed by atoms with Crippen LogP contribution in [-0.4, -0.2) is 36.1 Å². The van der Waals surface area contributed by atoms with Crippen LogP contribution in [0.2, 0.25) is 33.2 Å². The molecule has 0 saturated carbocycles. The zero-order chi connectivity index (χ0) is 45.8. The summed E-state index contributed by atoms with van der Waals surface area (Å²) in [5, 5.41) is 3.68. The van der Waals surface area contributed by atoms with Crippen molar-refractivity contribution >= 4 is 38.4 Å². The summed E-state index contributed by atoms with van der Waals surface area (Å²) in [4.78, 5) is 15.3. The van der Waals surface area contributed by atoms with Crippen LogP contribution in [-0.2, 0) is 0 Å². The zero-order valence-electron chi connectivity index (χ0n) is 39.9. The van der Waals surface area contributed by atoms with Crippen molar-refractivity contribution < 1.29 is 0 Å². The topological polar surface area (TPSA) is 63.2 Å². The van der Waals surface area contributed by atoms with Crippen molar-refractivity contribution in [1.82, 2.24) is 19.9 Å². The fourth-order valence-corrected chi connectivity index (χ4v) is 20.8. The van der Waals surface area contributed by atoms with Crippen LogP contribution in [0.3, 0.4) is 0 Å². The van der Waals surface area contributed by atoms with E-state index in [0.717, 1.165) is 77.6 Å². The molecule has 6 aromatic rings. The average molecular weight is 873 g/mol. The molecule has 0 amide bonds. The summed E-state index contributed by atoms with van der Waals surface area (Å²) in [7, 11) is -4.21. The van der Waals surface area contributed by atoms with E-state index in [4.69, 9.17) is 0 Å². The molecule has 0 saturated heterocycles. The predicted octanol–water partition coefficient (Wildman–Crippen LogP) is 10.7. The number of H-pyrrole nitrogens is 4. The highest BCUT2D eigenvalue weighted by Crippen LogP contribution is 2.42. The lowest BCUT2D eigenvalue weighted by atomic mass is 10.1. The average Bonchev–Trinajstić information content (AvgIpc) is 4.11. The first kappa shape index (κ1) is 45.7. The molecule has 0 unspecified atom stereocenters. The summed E-state index contributed by atoms with van der Waals surface area (Å²) in [6.45, 7) is 28.4. The third-order valence-electron chi connectivity index (χ3n) is 13.7. The van der Waals surface area contributed by atoms with Gasteiger partial charge in [0.25, 0.3) is 0 Å². The Bertz CT molecular complexity index is 2890. The van der Waals surface area contributed by atoms with Gasteiger partial charge in [0.05, 0.1) is 66.5 Å². The van der Waals surface area contributed by atoms with Crippen LogP contribution in [0.25, 0.3) is 22.3 Å². The third-order valence-corrected chi connectivity index (χ3v) is 26.2. The van der Waals surface area contributed by atoms with Gasteiger partial charge in [0, 0.05) is 11.1 Å². The van der Waals surface area contributed by atoms with Crippen molar-refractivity contribution in [2.45, 2.75) is 116 Å². The lowest BCUT2D eigenvalue weighted by Crippen LogP contribution is -2.43. The molecule has 1 aliphatic rings. The van der Waals surface area contributed by atoms with Gasteiger partial charge in [-0.2, -0.15) is 0 Å². The molecule has 8 bridgehead atoms.